The number of unbranched alkanes of at least 4 members (excludes halogenated alkanes) is 1. The van der Waals surface area contributed by atoms with Crippen molar-refractivity contribution in [2.45, 2.75) is 56.1 Å². The number of carbonyl (C=O) groups excluding carboxylic acids is 2. The molecule has 5 rings (SSSR count). The Labute approximate surface area is 242 Å². The van der Waals surface area contributed by atoms with E-state index in [1.54, 1.807) is 0 Å². The Hall–Kier alpha value is -3.90. The number of methoxy groups -OCH3 is 1. The molecule has 1 aliphatic carbocycles. The number of fused-ring (bicyclic) bond motifs is 2. The van der Waals surface area contributed by atoms with Gasteiger partial charge in [0, 0.05) is 11.8 Å². The van der Waals surface area contributed by atoms with Crippen molar-refractivity contribution in [1.29, 1.82) is 0 Å². The number of allylic oxidation sites excluding steroid dienone is 2. The van der Waals surface area contributed by atoms with Crippen LogP contribution in [0.15, 0.2) is 97.1 Å². The molecule has 3 aromatic rings. The number of nitrogens with one attached hydrogen (secondary N) is 1. The van der Waals surface area contributed by atoms with Gasteiger partial charge in [-0.3, -0.25) is 9.59 Å². The van der Waals surface area contributed by atoms with E-state index < -0.39 is 0 Å². The van der Waals surface area contributed by atoms with Crippen molar-refractivity contribution in [2.75, 3.05) is 20.3 Å². The monoisotopic (exact) mass is 553 g/mol. The second-order valence-electron chi connectivity index (χ2n) is 10.9. The highest BCUT2D eigenvalue weighted by Gasteiger charge is 2.59. The Kier molecular flexibility index (Phi) is 9.52. The number of amides is 1. The molecule has 1 saturated heterocycles. The van der Waals surface area contributed by atoms with E-state index in [1.807, 2.05) is 36.4 Å². The summed E-state index contributed by atoms with van der Waals surface area (Å²) in [5.41, 5.74) is 3.46. The van der Waals surface area contributed by atoms with Gasteiger partial charge in [0.1, 0.15) is 5.75 Å². The molecule has 0 spiro atoms. The number of rotatable bonds is 13. The molecule has 1 amide bonds. The first-order valence-electron chi connectivity index (χ1n) is 14.6. The number of ether oxygens (including phenoxy) is 3. The zero-order valence-electron chi connectivity index (χ0n) is 23.7. The van der Waals surface area contributed by atoms with Crippen LogP contribution in [0.3, 0.4) is 0 Å². The molecule has 1 N–H and O–H groups in total. The number of hydrogen-bond acceptors (Lipinski definition) is 5. The van der Waals surface area contributed by atoms with Gasteiger partial charge in [-0.1, -0.05) is 84.9 Å². The first-order chi connectivity index (χ1) is 20.1. The molecule has 2 fully saturated rings. The summed E-state index contributed by atoms with van der Waals surface area (Å²) in [5, 5.41) is 3.31. The summed E-state index contributed by atoms with van der Waals surface area (Å²) in [5.74, 6) is 0.751. The van der Waals surface area contributed by atoms with Gasteiger partial charge < -0.3 is 19.5 Å². The lowest BCUT2D eigenvalue weighted by Gasteiger charge is -2.39. The van der Waals surface area contributed by atoms with E-state index in [1.165, 1.54) is 23.8 Å². The second-order valence-corrected chi connectivity index (χ2v) is 10.9. The van der Waals surface area contributed by atoms with E-state index in [2.05, 4.69) is 66.0 Å². The molecule has 1 aliphatic heterocycles. The maximum absolute atomic E-state index is 13.1. The number of benzene rings is 3. The number of esters is 1. The molecular formula is C35H39NO5. The topological polar surface area (TPSA) is 73.9 Å². The van der Waals surface area contributed by atoms with Gasteiger partial charge in [0.05, 0.1) is 38.9 Å². The molecule has 4 atom stereocenters. The highest BCUT2D eigenvalue weighted by Crippen LogP contribution is 2.53. The quantitative estimate of drug-likeness (QED) is 0.154. The minimum atomic E-state index is -0.180. The van der Waals surface area contributed by atoms with Gasteiger partial charge in [-0.2, -0.15) is 0 Å². The van der Waals surface area contributed by atoms with Crippen LogP contribution in [0.4, 0.5) is 0 Å². The van der Waals surface area contributed by atoms with Crippen LogP contribution in [0.1, 0.15) is 44.1 Å². The van der Waals surface area contributed by atoms with Gasteiger partial charge in [-0.05, 0) is 60.4 Å². The summed E-state index contributed by atoms with van der Waals surface area (Å²) >= 11 is 0. The summed E-state index contributed by atoms with van der Waals surface area (Å²) in [6, 6.07) is 28.7. The average molecular weight is 554 g/mol. The summed E-state index contributed by atoms with van der Waals surface area (Å²) in [4.78, 5) is 24.5. The molecule has 0 aromatic heterocycles. The maximum Gasteiger partial charge on any atom is 0.305 e. The third kappa shape index (κ3) is 6.88. The van der Waals surface area contributed by atoms with E-state index in [0.717, 1.165) is 31.4 Å². The Balaban J connectivity index is 1.28. The van der Waals surface area contributed by atoms with Crippen LogP contribution in [-0.2, 0) is 24.5 Å². The predicted octanol–water partition coefficient (Wildman–Crippen LogP) is 6.25. The van der Waals surface area contributed by atoms with Crippen molar-refractivity contribution in [3.8, 4) is 16.9 Å². The number of para-hydroxylation sites is 1. The normalized spacial score (nSPS) is 23.0. The number of carbonyl (C=O) groups is 2. The molecule has 1 heterocycles. The van der Waals surface area contributed by atoms with E-state index in [9.17, 15) is 9.59 Å². The van der Waals surface area contributed by atoms with Crippen molar-refractivity contribution in [1.82, 2.24) is 5.32 Å². The molecule has 1 saturated carbocycles. The zero-order chi connectivity index (χ0) is 28.5. The van der Waals surface area contributed by atoms with Crippen LogP contribution < -0.4 is 10.1 Å². The molecule has 6 heteroatoms. The fraction of sp³-hybridized carbons (Fsp3) is 0.371. The van der Waals surface area contributed by atoms with Gasteiger partial charge in [0.15, 0.2) is 0 Å². The summed E-state index contributed by atoms with van der Waals surface area (Å²) < 4.78 is 16.8. The molecule has 214 valence electrons. The second kappa shape index (κ2) is 13.6. The van der Waals surface area contributed by atoms with E-state index in [-0.39, 0.29) is 41.8 Å². The van der Waals surface area contributed by atoms with Crippen molar-refractivity contribution >= 4 is 11.9 Å². The highest BCUT2D eigenvalue weighted by molar-refractivity contribution is 5.76. The molecule has 2 bridgehead atoms. The van der Waals surface area contributed by atoms with Crippen LogP contribution >= 0.6 is 0 Å². The SMILES string of the molecule is COC(=O)CCCC=CC[C@H]1[C@H](NC(=O)CCOc2ccccc2)[C@@H]2C[C@@]1(c1ccc(-c3ccccc3)cc1)CO2. The lowest BCUT2D eigenvalue weighted by Crippen LogP contribution is -2.51. The molecular weight excluding hydrogens is 514 g/mol. The van der Waals surface area contributed by atoms with Gasteiger partial charge in [0.25, 0.3) is 0 Å². The molecule has 2 aliphatic rings. The summed E-state index contributed by atoms with van der Waals surface area (Å²) in [6.45, 7) is 0.970. The minimum Gasteiger partial charge on any atom is -0.493 e. The summed E-state index contributed by atoms with van der Waals surface area (Å²) in [6.07, 6.45) is 8.31. The molecule has 0 radical (unpaired) electrons. The van der Waals surface area contributed by atoms with Crippen LogP contribution in [0, 0.1) is 5.92 Å². The van der Waals surface area contributed by atoms with Gasteiger partial charge in [-0.25, -0.2) is 0 Å². The zero-order valence-corrected chi connectivity index (χ0v) is 23.7. The first kappa shape index (κ1) is 28.6. The van der Waals surface area contributed by atoms with Crippen molar-refractivity contribution < 1.29 is 23.8 Å². The smallest absolute Gasteiger partial charge is 0.305 e. The van der Waals surface area contributed by atoms with Crippen molar-refractivity contribution in [3.05, 3.63) is 103 Å². The highest BCUT2D eigenvalue weighted by atomic mass is 16.5. The lowest BCUT2D eigenvalue weighted by molar-refractivity contribution is -0.140. The first-order valence-corrected chi connectivity index (χ1v) is 14.6. The van der Waals surface area contributed by atoms with Crippen LogP contribution in [0.2, 0.25) is 0 Å². The third-order valence-corrected chi connectivity index (χ3v) is 8.44. The van der Waals surface area contributed by atoms with E-state index in [0.29, 0.717) is 19.6 Å². The van der Waals surface area contributed by atoms with Gasteiger partial charge in [0.2, 0.25) is 5.91 Å². The predicted molar refractivity (Wildman–Crippen MR) is 160 cm³/mol. The van der Waals surface area contributed by atoms with Crippen LogP contribution in [0.5, 0.6) is 5.75 Å². The number of hydrogen-bond donors (Lipinski definition) is 1. The fourth-order valence-corrected chi connectivity index (χ4v) is 6.29. The minimum absolute atomic E-state index is 0.0243. The van der Waals surface area contributed by atoms with Gasteiger partial charge >= 0.3 is 5.97 Å². The largest absolute Gasteiger partial charge is 0.493 e. The lowest BCUT2D eigenvalue weighted by atomic mass is 9.70. The Morgan fingerprint density at radius 1 is 0.927 bits per heavy atom. The standard InChI is InChI=1S/C35H39NO5/c1-39-33(38)17-11-3-2-10-16-30-34(36-32(37)22-23-40-29-14-8-5-9-15-29)31-24-35(30,25-41-31)28-20-18-27(19-21-28)26-12-6-4-7-13-26/h2,4-10,12-15,18-21,30-31,34H,3,11,16-17,22-25H2,1H3,(H,36,37)/t30-,31-,34-,35-/m0/s1. The van der Waals surface area contributed by atoms with E-state index in [4.69, 9.17) is 14.2 Å². The van der Waals surface area contributed by atoms with Crippen molar-refractivity contribution in [3.63, 3.8) is 0 Å². The molecule has 3 aromatic carbocycles. The Morgan fingerprint density at radius 3 is 2.37 bits per heavy atom. The molecule has 0 unspecified atom stereocenters. The molecule has 6 nitrogen and oxygen atoms in total. The maximum atomic E-state index is 13.1. The van der Waals surface area contributed by atoms with Crippen LogP contribution in [0.25, 0.3) is 11.1 Å². The van der Waals surface area contributed by atoms with Gasteiger partial charge in [-0.15, -0.1) is 0 Å². The fourth-order valence-electron chi connectivity index (χ4n) is 6.29. The van der Waals surface area contributed by atoms with Crippen LogP contribution in [-0.4, -0.2) is 44.3 Å². The Bertz CT molecular complexity index is 1310. The Morgan fingerprint density at radius 2 is 1.63 bits per heavy atom. The van der Waals surface area contributed by atoms with E-state index >= 15 is 0 Å². The summed E-state index contributed by atoms with van der Waals surface area (Å²) in [7, 11) is 1.42. The molecule has 41 heavy (non-hydrogen) atoms. The van der Waals surface area contributed by atoms with Crippen molar-refractivity contribution in [2.24, 2.45) is 5.92 Å². The third-order valence-electron chi connectivity index (χ3n) is 8.44. The average Bonchev–Trinajstić information content (AvgIpc) is 3.58.